The Balaban J connectivity index is 0.000000850. The molecular weight excluding hydrogens is 571 g/mol. The monoisotopic (exact) mass is 603 g/mol. The summed E-state index contributed by atoms with van der Waals surface area (Å²) in [4.78, 5) is 36.5. The molecule has 2 aliphatic rings. The number of amides is 1. The highest BCUT2D eigenvalue weighted by Gasteiger charge is 2.45. The van der Waals surface area contributed by atoms with Gasteiger partial charge in [0.15, 0.2) is 11.5 Å². The number of alkyl halides is 3. The van der Waals surface area contributed by atoms with Gasteiger partial charge in [0.25, 0.3) is 16.0 Å². The lowest BCUT2D eigenvalue weighted by molar-refractivity contribution is -0.147. The summed E-state index contributed by atoms with van der Waals surface area (Å²) in [7, 11) is -3.67. The third-order valence-electron chi connectivity index (χ3n) is 6.57. The third kappa shape index (κ3) is 8.04. The number of nitrogens with two attached hydrogens (primary N) is 2. The average Bonchev–Trinajstić information content (AvgIpc) is 3.41. The Kier molecular flexibility index (Phi) is 9.20. The molecule has 2 aliphatic carbocycles. The van der Waals surface area contributed by atoms with Gasteiger partial charge in [0.05, 0.1) is 41.4 Å². The fourth-order valence-corrected chi connectivity index (χ4v) is 5.01. The molecule has 1 heterocycles. The van der Waals surface area contributed by atoms with Crippen molar-refractivity contribution < 1.29 is 45.3 Å². The highest BCUT2D eigenvalue weighted by atomic mass is 32.2. The minimum atomic E-state index is -4.81. The number of nitrogens with zero attached hydrogens (tertiary/aromatic N) is 2. The van der Waals surface area contributed by atoms with Crippen molar-refractivity contribution in [3.05, 3.63) is 40.7 Å². The quantitative estimate of drug-likeness (QED) is 0.281. The summed E-state index contributed by atoms with van der Waals surface area (Å²) in [5, 5.41) is 6.98. The normalized spacial score (nSPS) is 20.0. The van der Waals surface area contributed by atoms with Gasteiger partial charge in [-0.05, 0) is 49.3 Å². The number of nitrogens with one attached hydrogen (secondary N) is 1. The fraction of sp³-hybridized carbons (Fsp3) is 0.520. The number of esters is 1. The second-order valence-corrected chi connectivity index (χ2v) is 12.2. The zero-order valence-electron chi connectivity index (χ0n) is 22.6. The van der Waals surface area contributed by atoms with E-state index < -0.39 is 56.7 Å². The number of carbonyl (C=O) groups is 3. The molecule has 6 N–H and O–H groups in total. The van der Waals surface area contributed by atoms with Gasteiger partial charge in [-0.2, -0.15) is 26.7 Å². The Hall–Kier alpha value is -3.50. The number of hydrogen-bond acceptors (Lipinski definition) is 9. The maximum absolute atomic E-state index is 13.8. The van der Waals surface area contributed by atoms with Crippen molar-refractivity contribution in [1.29, 1.82) is 0 Å². The molecule has 1 aromatic heterocycles. The van der Waals surface area contributed by atoms with E-state index in [1.807, 2.05) is 13.8 Å². The van der Waals surface area contributed by atoms with E-state index in [1.54, 1.807) is 0 Å². The van der Waals surface area contributed by atoms with Gasteiger partial charge < -0.3 is 21.5 Å². The van der Waals surface area contributed by atoms with Crippen molar-refractivity contribution in [3.63, 3.8) is 0 Å². The Morgan fingerprint density at radius 1 is 1.24 bits per heavy atom. The molecule has 2 aromatic rings. The Morgan fingerprint density at radius 3 is 2.44 bits per heavy atom. The van der Waals surface area contributed by atoms with Gasteiger partial charge in [-0.15, -0.1) is 0 Å². The number of carbonyl (C=O) groups excluding carboxylic acids is 3. The Bertz CT molecular complexity index is 1450. The predicted octanol–water partition coefficient (Wildman–Crippen LogP) is 2.48. The van der Waals surface area contributed by atoms with Gasteiger partial charge in [-0.3, -0.25) is 18.9 Å². The number of ether oxygens (including phenoxy) is 1. The van der Waals surface area contributed by atoms with Crippen LogP contribution in [0.2, 0.25) is 0 Å². The number of halogens is 3. The van der Waals surface area contributed by atoms with Crippen LogP contribution >= 0.6 is 0 Å². The number of benzene rings is 1. The molecule has 0 saturated heterocycles. The van der Waals surface area contributed by atoms with Crippen LogP contribution in [0, 0.1) is 5.41 Å². The first kappa shape index (κ1) is 32.0. The first-order chi connectivity index (χ1) is 18.8. The lowest BCUT2D eigenvalue weighted by atomic mass is 9.75. The summed E-state index contributed by atoms with van der Waals surface area (Å²) in [5.41, 5.74) is 9.46. The number of ketones is 1. The molecule has 0 aliphatic heterocycles. The standard InChI is InChI=1S/C24H28F3N5O4.CH4O3S/c1-23(2)9-16-20(17(33)10-23)21(24(25,26)27)31-32(16)12-6-7-13(22(29)35)15(8-12)30-14-4-3-5-18(14)36-19(34)11-28;1-5(2,3)4/h6-8,14,18,30H,3-5,9-11,28H2,1-2H3,(H2,29,35);1H3,(H,2,3,4)/t14-,18-;/m0./s1. The van der Waals surface area contributed by atoms with Gasteiger partial charge in [-0.25, -0.2) is 4.68 Å². The van der Waals surface area contributed by atoms with Crippen LogP contribution in [0.4, 0.5) is 18.9 Å². The number of primary amides is 1. The number of rotatable bonds is 6. The summed E-state index contributed by atoms with van der Waals surface area (Å²) in [5.74, 6) is -1.91. The SMILES string of the molecule is CC1(C)CC(=O)c2c(C(F)(F)F)nn(-c3ccc(C(N)=O)c(N[C@H]4CCC[C@@H]4OC(=O)CN)c3)c2C1.CS(=O)(=O)O. The maximum atomic E-state index is 13.8. The van der Waals surface area contributed by atoms with E-state index in [1.165, 1.54) is 18.2 Å². The zero-order chi connectivity index (χ0) is 30.9. The van der Waals surface area contributed by atoms with E-state index in [0.717, 1.165) is 11.1 Å². The minimum Gasteiger partial charge on any atom is -0.459 e. The molecule has 0 unspecified atom stereocenters. The van der Waals surface area contributed by atoms with E-state index in [2.05, 4.69) is 10.4 Å². The topological polar surface area (TPSA) is 197 Å². The third-order valence-corrected chi connectivity index (χ3v) is 6.57. The maximum Gasteiger partial charge on any atom is 0.435 e. The molecule has 1 saturated carbocycles. The molecular formula is C25H32F3N5O7S. The van der Waals surface area contributed by atoms with Gasteiger partial charge in [0, 0.05) is 12.1 Å². The first-order valence-corrected chi connectivity index (χ1v) is 14.4. The van der Waals surface area contributed by atoms with Crippen LogP contribution in [-0.2, 0) is 32.2 Å². The number of aromatic nitrogens is 2. The van der Waals surface area contributed by atoms with E-state index in [0.29, 0.717) is 19.1 Å². The van der Waals surface area contributed by atoms with Crippen LogP contribution in [0.25, 0.3) is 5.69 Å². The van der Waals surface area contributed by atoms with E-state index in [4.69, 9.17) is 20.8 Å². The highest BCUT2D eigenvalue weighted by molar-refractivity contribution is 7.85. The van der Waals surface area contributed by atoms with Crippen LogP contribution in [-0.4, -0.2) is 65.4 Å². The summed E-state index contributed by atoms with van der Waals surface area (Å²) in [6.07, 6.45) is -2.43. The summed E-state index contributed by atoms with van der Waals surface area (Å²) < 4.78 is 73.8. The largest absolute Gasteiger partial charge is 0.459 e. The Morgan fingerprint density at radius 2 is 1.88 bits per heavy atom. The molecule has 1 amide bonds. The van der Waals surface area contributed by atoms with Crippen LogP contribution in [0.15, 0.2) is 18.2 Å². The zero-order valence-corrected chi connectivity index (χ0v) is 23.4. The number of anilines is 1. The van der Waals surface area contributed by atoms with Gasteiger partial charge in [0.1, 0.15) is 6.10 Å². The molecule has 226 valence electrons. The molecule has 1 aromatic carbocycles. The van der Waals surface area contributed by atoms with Gasteiger partial charge in [0.2, 0.25) is 0 Å². The average molecular weight is 604 g/mol. The fourth-order valence-electron chi connectivity index (χ4n) is 5.01. The highest BCUT2D eigenvalue weighted by Crippen LogP contribution is 2.42. The smallest absolute Gasteiger partial charge is 0.435 e. The summed E-state index contributed by atoms with van der Waals surface area (Å²) in [6.45, 7) is 3.35. The van der Waals surface area contributed by atoms with Gasteiger partial charge in [-0.1, -0.05) is 13.8 Å². The summed E-state index contributed by atoms with van der Waals surface area (Å²) in [6, 6.07) is 3.95. The molecule has 16 heteroatoms. The van der Waals surface area contributed by atoms with Gasteiger partial charge >= 0.3 is 12.1 Å². The Labute approximate surface area is 234 Å². The first-order valence-electron chi connectivity index (χ1n) is 12.6. The predicted molar refractivity (Wildman–Crippen MR) is 141 cm³/mol. The van der Waals surface area contributed by atoms with E-state index in [-0.39, 0.29) is 48.1 Å². The molecule has 0 spiro atoms. The molecule has 0 bridgehead atoms. The second kappa shape index (κ2) is 11.8. The molecule has 1 fully saturated rings. The number of Topliss-reactive ketones (excluding diaryl/α,β-unsaturated/α-hetero) is 1. The van der Waals surface area contributed by atoms with Crippen LogP contribution in [0.3, 0.4) is 0 Å². The number of fused-ring (bicyclic) bond motifs is 1. The molecule has 41 heavy (non-hydrogen) atoms. The summed E-state index contributed by atoms with van der Waals surface area (Å²) >= 11 is 0. The van der Waals surface area contributed by atoms with Crippen LogP contribution in [0.5, 0.6) is 0 Å². The second-order valence-electron chi connectivity index (χ2n) is 10.8. The van der Waals surface area contributed by atoms with E-state index in [9.17, 15) is 36.0 Å². The van der Waals surface area contributed by atoms with E-state index >= 15 is 0 Å². The van der Waals surface area contributed by atoms with Crippen LogP contribution in [0.1, 0.15) is 71.6 Å². The van der Waals surface area contributed by atoms with Crippen molar-refractivity contribution in [1.82, 2.24) is 9.78 Å². The minimum absolute atomic E-state index is 0.0211. The molecule has 4 rings (SSSR count). The van der Waals surface area contributed by atoms with Crippen molar-refractivity contribution in [2.45, 2.75) is 64.3 Å². The number of hydrogen-bond donors (Lipinski definition) is 4. The lowest BCUT2D eigenvalue weighted by Gasteiger charge is -2.29. The lowest BCUT2D eigenvalue weighted by Crippen LogP contribution is -2.35. The van der Waals surface area contributed by atoms with Crippen molar-refractivity contribution in [2.24, 2.45) is 16.9 Å². The van der Waals surface area contributed by atoms with Crippen LogP contribution < -0.4 is 16.8 Å². The van der Waals surface area contributed by atoms with Crippen molar-refractivity contribution in [3.8, 4) is 5.69 Å². The van der Waals surface area contributed by atoms with Crippen molar-refractivity contribution >= 4 is 33.5 Å². The molecule has 12 nitrogen and oxygen atoms in total. The van der Waals surface area contributed by atoms with Crippen molar-refractivity contribution in [2.75, 3.05) is 18.1 Å². The molecule has 0 radical (unpaired) electrons. The molecule has 2 atom stereocenters.